The third-order valence-electron chi connectivity index (χ3n) is 3.25. The van der Waals surface area contributed by atoms with Crippen molar-refractivity contribution in [3.8, 4) is 11.4 Å². The van der Waals surface area contributed by atoms with Gasteiger partial charge in [-0.1, -0.05) is 24.8 Å². The number of aromatic amines is 1. The monoisotopic (exact) mass is 302 g/mol. The molecule has 8 heteroatoms. The van der Waals surface area contributed by atoms with Crippen molar-refractivity contribution in [1.29, 1.82) is 0 Å². The Morgan fingerprint density at radius 1 is 1.29 bits per heavy atom. The van der Waals surface area contributed by atoms with Crippen LogP contribution in [0.25, 0.3) is 22.3 Å². The van der Waals surface area contributed by atoms with Crippen LogP contribution < -0.4 is 5.38 Å². The Bertz CT molecular complexity index is 831. The number of benzene rings is 1. The lowest BCUT2D eigenvalue weighted by molar-refractivity contribution is -0.384. The molecule has 0 atom stereocenters. The second-order valence-corrected chi connectivity index (χ2v) is 10.9. The van der Waals surface area contributed by atoms with Gasteiger partial charge < -0.3 is 4.52 Å². The third-order valence-corrected chi connectivity index (χ3v) is 4.96. The maximum absolute atomic E-state index is 10.9. The molecule has 7 nitrogen and oxygen atoms in total. The number of rotatable bonds is 3. The van der Waals surface area contributed by atoms with Crippen molar-refractivity contribution in [2.75, 3.05) is 0 Å². The van der Waals surface area contributed by atoms with E-state index >= 15 is 0 Å². The molecule has 1 aromatic carbocycles. The average Bonchev–Trinajstić information content (AvgIpc) is 3.03. The predicted molar refractivity (Wildman–Crippen MR) is 81.2 cm³/mol. The molecule has 3 rings (SSSR count). The molecule has 0 aliphatic rings. The van der Waals surface area contributed by atoms with Gasteiger partial charge in [0.1, 0.15) is 24.8 Å². The number of nitrogens with one attached hydrogen (secondary N) is 1. The van der Waals surface area contributed by atoms with Gasteiger partial charge in [0.2, 0.25) is 0 Å². The zero-order valence-corrected chi connectivity index (χ0v) is 12.9. The molecule has 0 aliphatic heterocycles. The van der Waals surface area contributed by atoms with Gasteiger partial charge in [-0.25, -0.2) is 0 Å². The van der Waals surface area contributed by atoms with Crippen LogP contribution in [0.2, 0.25) is 19.6 Å². The van der Waals surface area contributed by atoms with Crippen molar-refractivity contribution in [2.45, 2.75) is 19.6 Å². The summed E-state index contributed by atoms with van der Waals surface area (Å²) in [6, 6.07) is 6.46. The molecule has 0 saturated heterocycles. The lowest BCUT2D eigenvalue weighted by Crippen LogP contribution is -2.36. The minimum atomic E-state index is -1.60. The highest BCUT2D eigenvalue weighted by Gasteiger charge is 2.24. The van der Waals surface area contributed by atoms with Crippen LogP contribution in [0.4, 0.5) is 5.69 Å². The number of hydrogen-bond acceptors (Lipinski definition) is 5. The van der Waals surface area contributed by atoms with Crippen LogP contribution in [0.3, 0.4) is 0 Å². The third kappa shape index (κ3) is 2.33. The highest BCUT2D eigenvalue weighted by atomic mass is 28.3. The first kappa shape index (κ1) is 13.5. The second kappa shape index (κ2) is 4.52. The molecule has 108 valence electrons. The maximum atomic E-state index is 10.9. The van der Waals surface area contributed by atoms with Crippen LogP contribution in [0.15, 0.2) is 28.8 Å². The van der Waals surface area contributed by atoms with E-state index in [1.165, 1.54) is 12.1 Å². The van der Waals surface area contributed by atoms with Crippen LogP contribution in [0.5, 0.6) is 0 Å². The quantitative estimate of drug-likeness (QED) is 0.455. The molecule has 0 unspecified atom stereocenters. The summed E-state index contributed by atoms with van der Waals surface area (Å²) in [5.74, 6) is 0. The van der Waals surface area contributed by atoms with Gasteiger partial charge >= 0.3 is 0 Å². The predicted octanol–water partition coefficient (Wildman–Crippen LogP) is 2.67. The molecular weight excluding hydrogens is 288 g/mol. The second-order valence-electron chi connectivity index (χ2n) is 5.89. The van der Waals surface area contributed by atoms with Gasteiger partial charge in [-0.15, -0.1) is 0 Å². The Balaban J connectivity index is 2.14. The number of fused-ring (bicyclic) bond motifs is 1. The van der Waals surface area contributed by atoms with E-state index in [0.717, 1.165) is 10.9 Å². The summed E-state index contributed by atoms with van der Waals surface area (Å²) in [6.45, 7) is 6.47. The van der Waals surface area contributed by atoms with Crippen molar-refractivity contribution >= 4 is 30.0 Å². The SMILES string of the molecule is C[Si](C)(C)c1cc(-c2n[nH]c3ccc([N+](=O)[O-])cc23)no1. The summed E-state index contributed by atoms with van der Waals surface area (Å²) < 4.78 is 5.40. The van der Waals surface area contributed by atoms with E-state index in [9.17, 15) is 10.1 Å². The first-order valence-electron chi connectivity index (χ1n) is 6.46. The molecule has 0 saturated carbocycles. The highest BCUT2D eigenvalue weighted by molar-refractivity contribution is 6.87. The number of nitro groups is 1. The van der Waals surface area contributed by atoms with Crippen LogP contribution in [-0.4, -0.2) is 28.4 Å². The lowest BCUT2D eigenvalue weighted by Gasteiger charge is -2.08. The molecule has 1 N–H and O–H groups in total. The van der Waals surface area contributed by atoms with E-state index < -0.39 is 13.0 Å². The smallest absolute Gasteiger partial charge is 0.270 e. The Morgan fingerprint density at radius 2 is 2.05 bits per heavy atom. The van der Waals surface area contributed by atoms with Gasteiger partial charge in [0.15, 0.2) is 0 Å². The van der Waals surface area contributed by atoms with Crippen LogP contribution in [0.1, 0.15) is 0 Å². The van der Waals surface area contributed by atoms with Crippen molar-refractivity contribution in [2.24, 2.45) is 0 Å². The van der Waals surface area contributed by atoms with Crippen molar-refractivity contribution < 1.29 is 9.45 Å². The summed E-state index contributed by atoms with van der Waals surface area (Å²) in [7, 11) is -1.60. The van der Waals surface area contributed by atoms with Gasteiger partial charge in [0.25, 0.3) is 5.69 Å². The Hall–Kier alpha value is -2.48. The average molecular weight is 302 g/mol. The normalized spacial score (nSPS) is 12.0. The molecule has 0 bridgehead atoms. The van der Waals surface area contributed by atoms with E-state index in [-0.39, 0.29) is 5.69 Å². The fourth-order valence-corrected chi connectivity index (χ4v) is 2.94. The molecule has 3 aromatic rings. The van der Waals surface area contributed by atoms with E-state index in [4.69, 9.17) is 4.52 Å². The standard InChI is InChI=1S/C13H14N4O3Si/c1-21(2,3)12-7-11(16-20-12)13-9-6-8(17(18)19)4-5-10(9)14-15-13/h4-7H,1-3H3,(H,14,15). The summed E-state index contributed by atoms with van der Waals surface area (Å²) in [6.07, 6.45) is 0. The van der Waals surface area contributed by atoms with Crippen LogP contribution >= 0.6 is 0 Å². The lowest BCUT2D eigenvalue weighted by atomic mass is 10.1. The Labute approximate surface area is 121 Å². The number of non-ortho nitro benzene ring substituents is 1. The minimum absolute atomic E-state index is 0.0269. The first-order chi connectivity index (χ1) is 9.86. The number of nitro benzene ring substituents is 1. The summed E-state index contributed by atoms with van der Waals surface area (Å²) in [4.78, 5) is 10.5. The summed E-state index contributed by atoms with van der Waals surface area (Å²) in [5.41, 5.74) is 1.92. The van der Waals surface area contributed by atoms with Crippen LogP contribution in [0, 0.1) is 10.1 Å². The highest BCUT2D eigenvalue weighted by Crippen LogP contribution is 2.28. The molecule has 0 radical (unpaired) electrons. The maximum Gasteiger partial charge on any atom is 0.270 e. The molecule has 21 heavy (non-hydrogen) atoms. The van der Waals surface area contributed by atoms with Crippen molar-refractivity contribution in [3.05, 3.63) is 34.4 Å². The molecule has 0 spiro atoms. The van der Waals surface area contributed by atoms with Crippen molar-refractivity contribution in [3.63, 3.8) is 0 Å². The van der Waals surface area contributed by atoms with Gasteiger partial charge in [-0.05, 0) is 6.07 Å². The number of hydrogen-bond donors (Lipinski definition) is 1. The molecule has 2 aromatic heterocycles. The van der Waals surface area contributed by atoms with Crippen LogP contribution in [-0.2, 0) is 0 Å². The molecular formula is C13H14N4O3Si. The number of H-pyrrole nitrogens is 1. The zero-order chi connectivity index (χ0) is 15.2. The first-order valence-corrected chi connectivity index (χ1v) is 9.96. The van der Waals surface area contributed by atoms with Gasteiger partial charge in [0.05, 0.1) is 10.4 Å². The number of aromatic nitrogens is 3. The number of nitrogens with zero attached hydrogens (tertiary/aromatic N) is 3. The van der Waals surface area contributed by atoms with E-state index in [0.29, 0.717) is 16.8 Å². The molecule has 0 aliphatic carbocycles. The van der Waals surface area contributed by atoms with Crippen molar-refractivity contribution in [1.82, 2.24) is 15.4 Å². The fourth-order valence-electron chi connectivity index (χ4n) is 2.05. The molecule has 0 amide bonds. The van der Waals surface area contributed by atoms with Gasteiger partial charge in [-0.3, -0.25) is 15.2 Å². The fraction of sp³-hybridized carbons (Fsp3) is 0.231. The zero-order valence-electron chi connectivity index (χ0n) is 11.9. The Kier molecular flexibility index (Phi) is 2.90. The van der Waals surface area contributed by atoms with E-state index in [1.54, 1.807) is 6.07 Å². The topological polar surface area (TPSA) is 97.8 Å². The largest absolute Gasteiger partial charge is 0.366 e. The molecule has 0 fully saturated rings. The minimum Gasteiger partial charge on any atom is -0.366 e. The van der Waals surface area contributed by atoms with Gasteiger partial charge in [-0.2, -0.15) is 5.10 Å². The van der Waals surface area contributed by atoms with Gasteiger partial charge in [0, 0.05) is 23.6 Å². The summed E-state index contributed by atoms with van der Waals surface area (Å²) in [5, 5.41) is 23.6. The molecule has 2 heterocycles. The summed E-state index contributed by atoms with van der Waals surface area (Å²) >= 11 is 0. The van der Waals surface area contributed by atoms with E-state index in [2.05, 4.69) is 35.0 Å². The van der Waals surface area contributed by atoms with E-state index in [1.807, 2.05) is 6.07 Å². The Morgan fingerprint density at radius 3 is 2.67 bits per heavy atom.